The van der Waals surface area contributed by atoms with Gasteiger partial charge in [0.05, 0.1) is 15.9 Å². The molecule has 0 aliphatic carbocycles. The smallest absolute Gasteiger partial charge is 0.437 e. The van der Waals surface area contributed by atoms with Gasteiger partial charge in [0.2, 0.25) is 11.9 Å². The molecule has 2 aromatic rings. The number of nitrogens with one attached hydrogen (secondary N) is 3. The molecule has 0 unspecified atom stereocenters. The van der Waals surface area contributed by atoms with Crippen LogP contribution in [0.4, 0.5) is 25.8 Å². The minimum absolute atomic E-state index is 0.0546. The predicted octanol–water partition coefficient (Wildman–Crippen LogP) is 2.27. The summed E-state index contributed by atoms with van der Waals surface area (Å²) in [5, 5.41) is 38.1. The first kappa shape index (κ1) is 31.7. The highest BCUT2D eigenvalue weighted by atomic mass is 16.6. The number of hydrogen-bond donors (Lipinski definition) is 4. The van der Waals surface area contributed by atoms with Crippen LogP contribution < -0.4 is 16.0 Å². The third-order valence-electron chi connectivity index (χ3n) is 5.84. The fourth-order valence-electron chi connectivity index (χ4n) is 3.57. The number of ether oxygens (including phenoxy) is 2. The van der Waals surface area contributed by atoms with E-state index in [4.69, 9.17) is 14.6 Å². The molecule has 4 N–H and O–H groups in total. The van der Waals surface area contributed by atoms with Crippen LogP contribution >= 0.6 is 0 Å². The number of carbonyl (C=O) groups excluding carboxylic acids is 3. The minimum Gasteiger partial charge on any atom is -0.465 e. The molecule has 1 heterocycles. The van der Waals surface area contributed by atoms with Gasteiger partial charge < -0.3 is 30.1 Å². The molecule has 43 heavy (non-hydrogen) atoms. The Balaban J connectivity index is 1.52. The van der Waals surface area contributed by atoms with Crippen molar-refractivity contribution in [1.82, 2.24) is 20.9 Å². The zero-order chi connectivity index (χ0) is 31.4. The van der Waals surface area contributed by atoms with Gasteiger partial charge in [-0.1, -0.05) is 0 Å². The number of likely N-dealkylation sites (tertiary alicyclic amines) is 1. The summed E-state index contributed by atoms with van der Waals surface area (Å²) in [6.07, 6.45) is -2.89. The fourth-order valence-corrected chi connectivity index (χ4v) is 3.57. The van der Waals surface area contributed by atoms with Gasteiger partial charge in [-0.05, 0) is 41.8 Å². The molecule has 1 aliphatic heterocycles. The Labute approximate surface area is 243 Å². The number of rotatable bonds is 11. The Morgan fingerprint density at radius 2 is 1.44 bits per heavy atom. The summed E-state index contributed by atoms with van der Waals surface area (Å²) < 4.78 is 10.1. The lowest BCUT2D eigenvalue weighted by molar-refractivity contribution is -0.385. The highest BCUT2D eigenvalue weighted by Crippen LogP contribution is 2.14. The van der Waals surface area contributed by atoms with Crippen LogP contribution in [0.5, 0.6) is 0 Å². The SMILES string of the molecule is O=C(CCCN/C(=N\C(=O)OCc1ccc([N+](=O)[O-])cc1)NC(=O)OCc1ccc([N+](=O)[O-])cc1)NC1CN(C(=O)O)C1. The molecule has 0 bridgehead atoms. The highest BCUT2D eigenvalue weighted by Gasteiger charge is 2.31. The number of carbonyl (C=O) groups is 4. The van der Waals surface area contributed by atoms with Crippen LogP contribution in [0, 0.1) is 20.2 Å². The lowest BCUT2D eigenvalue weighted by Crippen LogP contribution is -2.60. The maximum Gasteiger partial charge on any atom is 0.437 e. The average Bonchev–Trinajstić information content (AvgIpc) is 2.94. The number of alkyl carbamates (subject to hydrolysis) is 1. The third kappa shape index (κ3) is 10.6. The minimum atomic E-state index is -1.11. The van der Waals surface area contributed by atoms with Crippen LogP contribution in [0.1, 0.15) is 24.0 Å². The molecule has 0 saturated carbocycles. The maximum atomic E-state index is 12.3. The summed E-state index contributed by atoms with van der Waals surface area (Å²) in [5.74, 6) is -0.660. The number of benzene rings is 2. The van der Waals surface area contributed by atoms with E-state index in [-0.39, 0.29) is 75.0 Å². The van der Waals surface area contributed by atoms with E-state index in [1.165, 1.54) is 48.5 Å². The van der Waals surface area contributed by atoms with Crippen molar-refractivity contribution >= 4 is 41.5 Å². The Morgan fingerprint density at radius 3 is 1.95 bits per heavy atom. The molecule has 3 rings (SSSR count). The summed E-state index contributed by atoms with van der Waals surface area (Å²) in [6, 6.07) is 10.3. The lowest BCUT2D eigenvalue weighted by atomic mass is 10.1. The zero-order valence-electron chi connectivity index (χ0n) is 22.5. The number of guanidine groups is 1. The molecule has 0 atom stereocenters. The first-order valence-electron chi connectivity index (χ1n) is 12.7. The standard InChI is InChI=1S/C25H27N7O11/c33-21(27-18-12-30(13-18)25(36)37)2-1-11-26-22(28-23(34)42-14-16-3-7-19(8-4-16)31(38)39)29-24(35)43-15-17-5-9-20(10-6-17)32(40)41/h3-10,18H,1-2,11-15H2,(H,27,33)(H,36,37)(H2,26,28,29,34,35). The van der Waals surface area contributed by atoms with E-state index >= 15 is 0 Å². The van der Waals surface area contributed by atoms with Crippen LogP contribution in [-0.2, 0) is 27.5 Å². The Morgan fingerprint density at radius 1 is 0.907 bits per heavy atom. The summed E-state index contributed by atoms with van der Waals surface area (Å²) in [5.41, 5.74) is 0.629. The van der Waals surface area contributed by atoms with Crippen LogP contribution in [-0.4, -0.2) is 75.7 Å². The number of carboxylic acid groups (broad SMARTS) is 1. The van der Waals surface area contributed by atoms with Crippen LogP contribution in [0.25, 0.3) is 0 Å². The second kappa shape index (κ2) is 15.3. The van der Waals surface area contributed by atoms with Gasteiger partial charge in [-0.2, -0.15) is 0 Å². The average molecular weight is 602 g/mol. The molecule has 1 saturated heterocycles. The van der Waals surface area contributed by atoms with Crippen molar-refractivity contribution in [3.63, 3.8) is 0 Å². The number of amides is 4. The van der Waals surface area contributed by atoms with Crippen molar-refractivity contribution < 1.29 is 43.6 Å². The summed E-state index contributed by atoms with van der Waals surface area (Å²) in [4.78, 5) is 72.8. The van der Waals surface area contributed by atoms with Crippen molar-refractivity contribution in [3.8, 4) is 0 Å². The monoisotopic (exact) mass is 601 g/mol. The molecule has 2 aromatic carbocycles. The molecule has 0 radical (unpaired) electrons. The lowest BCUT2D eigenvalue weighted by Gasteiger charge is -2.37. The summed E-state index contributed by atoms with van der Waals surface area (Å²) in [7, 11) is 0. The van der Waals surface area contributed by atoms with E-state index in [9.17, 15) is 39.4 Å². The largest absolute Gasteiger partial charge is 0.465 e. The number of aliphatic imine (C=N–C) groups is 1. The fraction of sp³-hybridized carbons (Fsp3) is 0.320. The van der Waals surface area contributed by atoms with Gasteiger partial charge in [0.1, 0.15) is 13.2 Å². The Bertz CT molecular complexity index is 1370. The number of nitro groups is 2. The van der Waals surface area contributed by atoms with E-state index in [1.807, 2.05) is 0 Å². The zero-order valence-corrected chi connectivity index (χ0v) is 22.5. The van der Waals surface area contributed by atoms with E-state index in [0.29, 0.717) is 11.1 Å². The number of non-ortho nitro benzene ring substituents is 2. The molecular formula is C25H27N7O11. The van der Waals surface area contributed by atoms with Crippen molar-refractivity contribution in [3.05, 3.63) is 79.9 Å². The molecule has 18 nitrogen and oxygen atoms in total. The molecule has 228 valence electrons. The normalized spacial score (nSPS) is 12.8. The molecule has 0 aromatic heterocycles. The van der Waals surface area contributed by atoms with E-state index in [1.54, 1.807) is 0 Å². The molecule has 1 fully saturated rings. The van der Waals surface area contributed by atoms with Crippen LogP contribution in [0.15, 0.2) is 53.5 Å². The number of nitrogens with zero attached hydrogens (tertiary/aromatic N) is 4. The van der Waals surface area contributed by atoms with E-state index in [0.717, 1.165) is 4.90 Å². The quantitative estimate of drug-likeness (QED) is 0.0952. The third-order valence-corrected chi connectivity index (χ3v) is 5.84. The first-order chi connectivity index (χ1) is 20.5. The Kier molecular flexibility index (Phi) is 11.3. The molecule has 1 aliphatic rings. The van der Waals surface area contributed by atoms with Crippen molar-refractivity contribution in [2.24, 2.45) is 4.99 Å². The van der Waals surface area contributed by atoms with Gasteiger partial charge in [0, 0.05) is 50.3 Å². The molecule has 0 spiro atoms. The molecule has 18 heteroatoms. The van der Waals surface area contributed by atoms with Gasteiger partial charge in [-0.25, -0.2) is 14.4 Å². The second-order valence-corrected chi connectivity index (χ2v) is 9.05. The summed E-state index contributed by atoms with van der Waals surface area (Å²) in [6.45, 7) is -0.0360. The Hall–Kier alpha value is -5.81. The van der Waals surface area contributed by atoms with Gasteiger partial charge >= 0.3 is 18.3 Å². The number of hydrogen-bond acceptors (Lipinski definition) is 10. The van der Waals surface area contributed by atoms with Gasteiger partial charge in [0.25, 0.3) is 11.4 Å². The van der Waals surface area contributed by atoms with E-state index < -0.39 is 28.1 Å². The van der Waals surface area contributed by atoms with Crippen molar-refractivity contribution in [1.29, 1.82) is 0 Å². The van der Waals surface area contributed by atoms with Crippen molar-refractivity contribution in [2.45, 2.75) is 32.1 Å². The number of nitro benzene ring substituents is 2. The molecule has 4 amide bonds. The summed E-state index contributed by atoms with van der Waals surface area (Å²) >= 11 is 0. The highest BCUT2D eigenvalue weighted by molar-refractivity contribution is 5.98. The topological polar surface area (TPSA) is 245 Å². The van der Waals surface area contributed by atoms with Gasteiger partial charge in [-0.15, -0.1) is 4.99 Å². The second-order valence-electron chi connectivity index (χ2n) is 9.05. The molecular weight excluding hydrogens is 574 g/mol. The van der Waals surface area contributed by atoms with Crippen LogP contribution in [0.2, 0.25) is 0 Å². The van der Waals surface area contributed by atoms with Crippen molar-refractivity contribution in [2.75, 3.05) is 19.6 Å². The van der Waals surface area contributed by atoms with E-state index in [2.05, 4.69) is 20.9 Å². The first-order valence-corrected chi connectivity index (χ1v) is 12.7. The predicted molar refractivity (Wildman–Crippen MR) is 146 cm³/mol. The van der Waals surface area contributed by atoms with Gasteiger partial charge in [-0.3, -0.25) is 30.3 Å². The maximum absolute atomic E-state index is 12.3. The van der Waals surface area contributed by atoms with Crippen LogP contribution in [0.3, 0.4) is 0 Å². The van der Waals surface area contributed by atoms with Gasteiger partial charge in [0.15, 0.2) is 0 Å².